The van der Waals surface area contributed by atoms with Crippen LogP contribution in [0, 0.1) is 0 Å². The zero-order chi connectivity index (χ0) is 20.5. The smallest absolute Gasteiger partial charge is 0.400 e. The van der Waals surface area contributed by atoms with E-state index in [1.165, 1.54) is 34.9 Å². The van der Waals surface area contributed by atoms with Crippen molar-refractivity contribution in [2.45, 2.75) is 116 Å². The van der Waals surface area contributed by atoms with E-state index >= 15 is 0 Å². The van der Waals surface area contributed by atoms with Gasteiger partial charge in [0.1, 0.15) is 0 Å². The molecule has 4 aliphatic rings. The molecule has 4 nitrogen and oxygen atoms in total. The Morgan fingerprint density at radius 3 is 1.07 bits per heavy atom. The number of allylic oxidation sites excluding steroid dienone is 4. The van der Waals surface area contributed by atoms with Crippen molar-refractivity contribution in [2.24, 2.45) is 0 Å². The molecular formula is C22H36B2O4. The van der Waals surface area contributed by atoms with E-state index in [0.717, 1.165) is 25.7 Å². The van der Waals surface area contributed by atoms with Crippen molar-refractivity contribution < 1.29 is 18.6 Å². The van der Waals surface area contributed by atoms with Gasteiger partial charge in [0.15, 0.2) is 0 Å². The van der Waals surface area contributed by atoms with Crippen LogP contribution in [-0.2, 0) is 18.6 Å². The molecule has 4 rings (SSSR count). The summed E-state index contributed by atoms with van der Waals surface area (Å²) >= 11 is 0. The molecule has 0 amide bonds. The summed E-state index contributed by atoms with van der Waals surface area (Å²) in [6, 6.07) is 0. The van der Waals surface area contributed by atoms with Crippen molar-refractivity contribution in [1.82, 2.24) is 0 Å². The summed E-state index contributed by atoms with van der Waals surface area (Å²) in [5.41, 5.74) is 4.44. The van der Waals surface area contributed by atoms with Crippen LogP contribution < -0.4 is 0 Å². The predicted molar refractivity (Wildman–Crippen MR) is 114 cm³/mol. The summed E-state index contributed by atoms with van der Waals surface area (Å²) in [6.45, 7) is 17.1. The number of hydrogen-bond donors (Lipinski definition) is 0. The second kappa shape index (κ2) is 6.47. The van der Waals surface area contributed by atoms with Gasteiger partial charge >= 0.3 is 14.2 Å². The molecular weight excluding hydrogens is 350 g/mol. The quantitative estimate of drug-likeness (QED) is 0.611. The SMILES string of the molecule is CC1(C)OB(C2=C3CCCCC3=C(B3OC(C)(C)C(C)(C)O3)CC2)OC1(C)C. The predicted octanol–water partition coefficient (Wildman–Crippen LogP) is 5.21. The van der Waals surface area contributed by atoms with Gasteiger partial charge in [-0.25, -0.2) is 0 Å². The van der Waals surface area contributed by atoms with Gasteiger partial charge in [0.25, 0.3) is 0 Å². The van der Waals surface area contributed by atoms with Gasteiger partial charge < -0.3 is 18.6 Å². The zero-order valence-corrected chi connectivity index (χ0v) is 19.0. The normalized spacial score (nSPS) is 30.9. The maximum atomic E-state index is 6.41. The third-order valence-corrected chi connectivity index (χ3v) is 7.98. The minimum Gasteiger partial charge on any atom is -0.400 e. The monoisotopic (exact) mass is 386 g/mol. The van der Waals surface area contributed by atoms with Crippen LogP contribution in [0.2, 0.25) is 0 Å². The van der Waals surface area contributed by atoms with Gasteiger partial charge in [-0.3, -0.25) is 0 Å². The minimum absolute atomic E-state index is 0.229. The largest absolute Gasteiger partial charge is 0.490 e. The highest BCUT2D eigenvalue weighted by atomic mass is 16.7. The van der Waals surface area contributed by atoms with Gasteiger partial charge in [-0.15, -0.1) is 0 Å². The summed E-state index contributed by atoms with van der Waals surface area (Å²) < 4.78 is 25.7. The Morgan fingerprint density at radius 2 is 0.786 bits per heavy atom. The fourth-order valence-corrected chi connectivity index (χ4v) is 4.68. The van der Waals surface area contributed by atoms with Gasteiger partial charge in [-0.2, -0.15) is 0 Å². The van der Waals surface area contributed by atoms with Crippen molar-refractivity contribution in [3.63, 3.8) is 0 Å². The van der Waals surface area contributed by atoms with Crippen molar-refractivity contribution in [3.05, 3.63) is 22.1 Å². The lowest BCUT2D eigenvalue weighted by atomic mass is 9.59. The topological polar surface area (TPSA) is 36.9 Å². The molecule has 0 unspecified atom stereocenters. The fourth-order valence-electron chi connectivity index (χ4n) is 4.68. The second-order valence-electron chi connectivity index (χ2n) is 10.9. The molecule has 3 fully saturated rings. The first-order chi connectivity index (χ1) is 12.8. The van der Waals surface area contributed by atoms with E-state index in [0.29, 0.717) is 0 Å². The molecule has 2 aliphatic heterocycles. The molecule has 2 aliphatic carbocycles. The first kappa shape index (κ1) is 20.7. The van der Waals surface area contributed by atoms with Gasteiger partial charge in [0.2, 0.25) is 0 Å². The molecule has 2 saturated heterocycles. The Balaban J connectivity index is 1.69. The highest BCUT2D eigenvalue weighted by Gasteiger charge is 2.55. The highest BCUT2D eigenvalue weighted by molar-refractivity contribution is 6.57. The molecule has 0 atom stereocenters. The van der Waals surface area contributed by atoms with Crippen molar-refractivity contribution in [1.29, 1.82) is 0 Å². The van der Waals surface area contributed by atoms with Crippen LogP contribution in [0.3, 0.4) is 0 Å². The number of fused-ring (bicyclic) bond motifs is 1. The molecule has 1 saturated carbocycles. The summed E-state index contributed by atoms with van der Waals surface area (Å²) in [6.07, 6.45) is 6.62. The summed E-state index contributed by atoms with van der Waals surface area (Å²) in [7, 11) is -0.458. The summed E-state index contributed by atoms with van der Waals surface area (Å²) in [5, 5.41) is 0. The van der Waals surface area contributed by atoms with Crippen molar-refractivity contribution >= 4 is 14.2 Å². The third kappa shape index (κ3) is 3.15. The minimum atomic E-state index is -0.296. The molecule has 0 aromatic heterocycles. The lowest BCUT2D eigenvalue weighted by molar-refractivity contribution is 0.00578. The van der Waals surface area contributed by atoms with E-state index in [1.807, 2.05) is 0 Å². The van der Waals surface area contributed by atoms with Gasteiger partial charge in [0.05, 0.1) is 22.4 Å². The number of hydrogen-bond acceptors (Lipinski definition) is 4. The van der Waals surface area contributed by atoms with Crippen molar-refractivity contribution in [2.75, 3.05) is 0 Å². The van der Waals surface area contributed by atoms with Gasteiger partial charge in [0, 0.05) is 0 Å². The van der Waals surface area contributed by atoms with E-state index in [9.17, 15) is 0 Å². The van der Waals surface area contributed by atoms with E-state index in [-0.39, 0.29) is 36.6 Å². The molecule has 0 N–H and O–H groups in total. The Kier molecular flexibility index (Phi) is 4.79. The Hall–Kier alpha value is -0.550. The third-order valence-electron chi connectivity index (χ3n) is 7.98. The zero-order valence-electron chi connectivity index (χ0n) is 19.0. The van der Waals surface area contributed by atoms with Gasteiger partial charge in [-0.05, 0) is 116 Å². The maximum Gasteiger partial charge on any atom is 0.490 e. The van der Waals surface area contributed by atoms with E-state index in [1.54, 1.807) is 0 Å². The van der Waals surface area contributed by atoms with Crippen LogP contribution in [0.1, 0.15) is 93.9 Å². The van der Waals surface area contributed by atoms with Crippen LogP contribution in [0.25, 0.3) is 0 Å². The Labute approximate surface area is 171 Å². The molecule has 2 heterocycles. The maximum absolute atomic E-state index is 6.41. The van der Waals surface area contributed by atoms with Crippen LogP contribution >= 0.6 is 0 Å². The lowest BCUT2D eigenvalue weighted by Gasteiger charge is -2.32. The van der Waals surface area contributed by atoms with E-state index in [4.69, 9.17) is 18.6 Å². The molecule has 154 valence electrons. The Morgan fingerprint density at radius 1 is 0.500 bits per heavy atom. The average Bonchev–Trinajstić information content (AvgIpc) is 2.93. The first-order valence-corrected chi connectivity index (χ1v) is 11.0. The fraction of sp³-hybridized carbons (Fsp3) is 0.818. The van der Waals surface area contributed by atoms with Crippen LogP contribution in [-0.4, -0.2) is 36.6 Å². The summed E-state index contributed by atoms with van der Waals surface area (Å²) in [4.78, 5) is 0. The lowest BCUT2D eigenvalue weighted by Crippen LogP contribution is -2.41. The standard InChI is InChI=1S/C22H36B2O4/c1-19(2)20(3,4)26-23(25-19)17-13-14-18(16-12-10-9-11-15(16)17)24-27-21(5,6)22(7,8)28-24/h9-14H2,1-8H3. The van der Waals surface area contributed by atoms with Gasteiger partial charge in [-0.1, -0.05) is 0 Å². The molecule has 0 aromatic carbocycles. The first-order valence-electron chi connectivity index (χ1n) is 11.0. The average molecular weight is 386 g/mol. The molecule has 0 spiro atoms. The second-order valence-corrected chi connectivity index (χ2v) is 10.9. The van der Waals surface area contributed by atoms with E-state index in [2.05, 4.69) is 55.4 Å². The van der Waals surface area contributed by atoms with Crippen LogP contribution in [0.4, 0.5) is 0 Å². The molecule has 6 heteroatoms. The highest BCUT2D eigenvalue weighted by Crippen LogP contribution is 2.48. The van der Waals surface area contributed by atoms with Crippen LogP contribution in [0.5, 0.6) is 0 Å². The summed E-state index contributed by atoms with van der Waals surface area (Å²) in [5.74, 6) is 0. The molecule has 28 heavy (non-hydrogen) atoms. The molecule has 0 radical (unpaired) electrons. The molecule has 0 bridgehead atoms. The Bertz CT molecular complexity index is 639. The molecule has 0 aromatic rings. The van der Waals surface area contributed by atoms with Crippen LogP contribution in [0.15, 0.2) is 22.1 Å². The van der Waals surface area contributed by atoms with Crippen molar-refractivity contribution in [3.8, 4) is 0 Å². The van der Waals surface area contributed by atoms with E-state index < -0.39 is 0 Å². The number of rotatable bonds is 2.